The van der Waals surface area contributed by atoms with E-state index < -0.39 is 6.03 Å². The lowest BCUT2D eigenvalue weighted by molar-refractivity contribution is -0.116. The highest BCUT2D eigenvalue weighted by molar-refractivity contribution is 7.98. The van der Waals surface area contributed by atoms with Gasteiger partial charge in [0.2, 0.25) is 5.91 Å². The molecule has 0 saturated heterocycles. The molecule has 11 heteroatoms. The van der Waals surface area contributed by atoms with Crippen LogP contribution in [0.2, 0.25) is 5.02 Å². The van der Waals surface area contributed by atoms with Gasteiger partial charge >= 0.3 is 6.03 Å². The largest absolute Gasteiger partial charge is 0.457 e. The summed E-state index contributed by atoms with van der Waals surface area (Å²) in [7, 11) is 0. The molecule has 1 aliphatic rings. The second-order valence-corrected chi connectivity index (χ2v) is 11.6. The predicted octanol–water partition coefficient (Wildman–Crippen LogP) is 7.26. The normalized spacial score (nSPS) is 12.9. The van der Waals surface area contributed by atoms with E-state index in [0.29, 0.717) is 46.7 Å². The monoisotopic (exact) mass is 576 g/mol. The molecule has 206 valence electrons. The quantitative estimate of drug-likeness (QED) is 0.208. The number of amides is 3. The Kier molecular flexibility index (Phi) is 7.73. The maximum Gasteiger partial charge on any atom is 0.324 e. The molecule has 5 rings (SSSR count). The van der Waals surface area contributed by atoms with Crippen LogP contribution in [0, 0.1) is 0 Å². The minimum absolute atomic E-state index is 0.0548. The molecule has 0 radical (unpaired) electrons. The average Bonchev–Trinajstić information content (AvgIpc) is 3.34. The molecule has 40 heavy (non-hydrogen) atoms. The topological polar surface area (TPSA) is 110 Å². The lowest BCUT2D eigenvalue weighted by Crippen LogP contribution is -2.21. The number of hydrogen-bond donors (Lipinski definition) is 3. The van der Waals surface area contributed by atoms with Crippen LogP contribution in [-0.2, 0) is 16.6 Å². The van der Waals surface area contributed by atoms with Crippen molar-refractivity contribution in [3.8, 4) is 17.2 Å². The van der Waals surface area contributed by atoms with Crippen LogP contribution in [0.15, 0.2) is 65.7 Å². The summed E-state index contributed by atoms with van der Waals surface area (Å²) in [6.45, 7) is 6.19. The van der Waals surface area contributed by atoms with Crippen molar-refractivity contribution >= 4 is 52.6 Å². The van der Waals surface area contributed by atoms with Crippen LogP contribution in [0.25, 0.3) is 5.69 Å². The number of nitrogens with zero attached hydrogens (tertiary/aromatic N) is 3. The SMILES string of the molecule is CSc1cc(Oc2ccnc3c2CCC(=O)N3)ccc1NC(=O)Nc1cc(C(C)(C)C)nn1-c1cccc(Cl)c1. The van der Waals surface area contributed by atoms with Gasteiger partial charge in [-0.1, -0.05) is 38.4 Å². The summed E-state index contributed by atoms with van der Waals surface area (Å²) in [6, 6.07) is 16.0. The minimum Gasteiger partial charge on any atom is -0.457 e. The zero-order valence-electron chi connectivity index (χ0n) is 22.5. The van der Waals surface area contributed by atoms with Gasteiger partial charge in [-0.15, -0.1) is 11.8 Å². The summed E-state index contributed by atoms with van der Waals surface area (Å²) in [5, 5.41) is 14.0. The molecular formula is C29H29ClN6O3S. The summed E-state index contributed by atoms with van der Waals surface area (Å²) in [5.41, 5.74) is 2.83. The predicted molar refractivity (Wildman–Crippen MR) is 159 cm³/mol. The molecule has 2 aromatic carbocycles. The van der Waals surface area contributed by atoms with Crippen molar-refractivity contribution in [1.82, 2.24) is 14.8 Å². The third kappa shape index (κ3) is 6.08. The van der Waals surface area contributed by atoms with E-state index in [2.05, 4.69) is 41.7 Å². The van der Waals surface area contributed by atoms with Gasteiger partial charge in [0, 0.05) is 39.6 Å². The Morgan fingerprint density at radius 2 is 1.93 bits per heavy atom. The number of ether oxygens (including phenoxy) is 1. The van der Waals surface area contributed by atoms with Crippen LogP contribution >= 0.6 is 23.4 Å². The molecule has 0 atom stereocenters. The van der Waals surface area contributed by atoms with E-state index in [9.17, 15) is 9.59 Å². The number of aromatic nitrogens is 3. The summed E-state index contributed by atoms with van der Waals surface area (Å²) >= 11 is 7.70. The molecule has 4 aromatic rings. The van der Waals surface area contributed by atoms with Crippen LogP contribution < -0.4 is 20.7 Å². The summed E-state index contributed by atoms with van der Waals surface area (Å²) in [5.74, 6) is 2.24. The average molecular weight is 577 g/mol. The molecular weight excluding hydrogens is 548 g/mol. The molecule has 0 unspecified atom stereocenters. The van der Waals surface area contributed by atoms with Gasteiger partial charge in [0.05, 0.1) is 17.1 Å². The number of halogens is 1. The number of hydrogen-bond acceptors (Lipinski definition) is 6. The number of carbonyl (C=O) groups excluding carboxylic acids is 2. The fourth-order valence-electron chi connectivity index (χ4n) is 4.23. The highest BCUT2D eigenvalue weighted by Gasteiger charge is 2.23. The van der Waals surface area contributed by atoms with E-state index in [1.54, 1.807) is 41.2 Å². The molecule has 1 aliphatic heterocycles. The van der Waals surface area contributed by atoms with E-state index in [1.165, 1.54) is 11.8 Å². The minimum atomic E-state index is -0.411. The van der Waals surface area contributed by atoms with Crippen LogP contribution in [-0.4, -0.2) is 33.0 Å². The summed E-state index contributed by atoms with van der Waals surface area (Å²) < 4.78 is 7.84. The molecule has 9 nitrogen and oxygen atoms in total. The Balaban J connectivity index is 1.35. The number of thioether (sulfide) groups is 1. The number of carbonyl (C=O) groups is 2. The maximum atomic E-state index is 13.2. The fraction of sp³-hybridized carbons (Fsp3) is 0.241. The van der Waals surface area contributed by atoms with Crippen LogP contribution in [0.3, 0.4) is 0 Å². The number of pyridine rings is 1. The highest BCUT2D eigenvalue weighted by Crippen LogP contribution is 2.36. The first kappa shape index (κ1) is 27.5. The Morgan fingerprint density at radius 3 is 2.67 bits per heavy atom. The van der Waals surface area contributed by atoms with E-state index in [0.717, 1.165) is 21.8 Å². The van der Waals surface area contributed by atoms with Crippen molar-refractivity contribution in [2.75, 3.05) is 22.2 Å². The van der Waals surface area contributed by atoms with Crippen molar-refractivity contribution in [2.24, 2.45) is 0 Å². The number of anilines is 3. The molecule has 0 saturated carbocycles. The van der Waals surface area contributed by atoms with E-state index in [-0.39, 0.29) is 11.3 Å². The molecule has 0 bridgehead atoms. The van der Waals surface area contributed by atoms with Crippen molar-refractivity contribution in [3.05, 3.63) is 77.1 Å². The van der Waals surface area contributed by atoms with E-state index >= 15 is 0 Å². The molecule has 0 aliphatic carbocycles. The first-order valence-electron chi connectivity index (χ1n) is 12.7. The number of nitrogens with one attached hydrogen (secondary N) is 3. The van der Waals surface area contributed by atoms with Gasteiger partial charge in [0.1, 0.15) is 23.1 Å². The van der Waals surface area contributed by atoms with Crippen LogP contribution in [0.5, 0.6) is 11.5 Å². The van der Waals surface area contributed by atoms with Crippen molar-refractivity contribution < 1.29 is 14.3 Å². The lowest BCUT2D eigenvalue weighted by Gasteiger charge is -2.19. The highest BCUT2D eigenvalue weighted by atomic mass is 35.5. The number of benzene rings is 2. The molecule has 3 N–H and O–H groups in total. The van der Waals surface area contributed by atoms with Gasteiger partial charge < -0.3 is 15.4 Å². The Labute approximate surface area is 241 Å². The molecule has 2 aromatic heterocycles. The summed E-state index contributed by atoms with van der Waals surface area (Å²) in [4.78, 5) is 29.9. The lowest BCUT2D eigenvalue weighted by atomic mass is 9.92. The van der Waals surface area contributed by atoms with Gasteiger partial charge in [0.15, 0.2) is 0 Å². The van der Waals surface area contributed by atoms with Crippen molar-refractivity contribution in [2.45, 2.75) is 43.9 Å². The molecule has 3 amide bonds. The Hall–Kier alpha value is -4.02. The summed E-state index contributed by atoms with van der Waals surface area (Å²) in [6.07, 6.45) is 4.48. The standard InChI is InChI=1S/C29H29ClN6O3S/c1-29(2,3)24-16-25(36(35-24)18-7-5-6-17(30)14-18)33-28(38)32-21-10-8-19(15-23(21)40-4)39-22-12-13-31-27-20(22)9-11-26(37)34-27/h5-8,10,12-16H,9,11H2,1-4H3,(H,31,34,37)(H2,32,33,38). The second-order valence-electron chi connectivity index (χ2n) is 10.3. The molecule has 3 heterocycles. The third-order valence-corrected chi connectivity index (χ3v) is 7.31. The van der Waals surface area contributed by atoms with Gasteiger partial charge in [0.25, 0.3) is 0 Å². The third-order valence-electron chi connectivity index (χ3n) is 6.29. The molecule has 0 spiro atoms. The van der Waals surface area contributed by atoms with E-state index in [4.69, 9.17) is 21.4 Å². The number of urea groups is 1. The van der Waals surface area contributed by atoms with Crippen LogP contribution in [0.4, 0.5) is 22.1 Å². The van der Waals surface area contributed by atoms with Gasteiger partial charge in [-0.05, 0) is 55.1 Å². The smallest absolute Gasteiger partial charge is 0.324 e. The zero-order chi connectivity index (χ0) is 28.4. The second kappa shape index (κ2) is 11.2. The van der Waals surface area contributed by atoms with Gasteiger partial charge in [-0.3, -0.25) is 10.1 Å². The van der Waals surface area contributed by atoms with Gasteiger partial charge in [-0.2, -0.15) is 5.10 Å². The van der Waals surface area contributed by atoms with E-state index in [1.807, 2.05) is 30.5 Å². The Bertz CT molecular complexity index is 1600. The first-order chi connectivity index (χ1) is 19.1. The zero-order valence-corrected chi connectivity index (χ0v) is 24.1. The van der Waals surface area contributed by atoms with Gasteiger partial charge in [-0.25, -0.2) is 14.5 Å². The molecule has 0 fully saturated rings. The number of fused-ring (bicyclic) bond motifs is 1. The van der Waals surface area contributed by atoms with Crippen molar-refractivity contribution in [1.29, 1.82) is 0 Å². The number of rotatable bonds is 6. The van der Waals surface area contributed by atoms with Crippen LogP contribution in [0.1, 0.15) is 38.4 Å². The maximum absolute atomic E-state index is 13.2. The first-order valence-corrected chi connectivity index (χ1v) is 14.3. The Morgan fingerprint density at radius 1 is 1.10 bits per heavy atom. The fourth-order valence-corrected chi connectivity index (χ4v) is 4.99. The van der Waals surface area contributed by atoms with Crippen molar-refractivity contribution in [3.63, 3.8) is 0 Å².